The third-order valence-electron chi connectivity index (χ3n) is 2.04. The van der Waals surface area contributed by atoms with Crippen LogP contribution >= 0.6 is 0 Å². The van der Waals surface area contributed by atoms with Crippen LogP contribution < -0.4 is 0 Å². The Morgan fingerprint density at radius 1 is 1.70 bits per heavy atom. The molecule has 0 aliphatic carbocycles. The van der Waals surface area contributed by atoms with E-state index in [0.29, 0.717) is 6.10 Å². The maximum Gasteiger partial charge on any atom is 0.0710 e. The van der Waals surface area contributed by atoms with Crippen LogP contribution in [0.25, 0.3) is 0 Å². The van der Waals surface area contributed by atoms with Gasteiger partial charge >= 0.3 is 0 Å². The second-order valence-electron chi connectivity index (χ2n) is 2.80. The topological polar surface area (TPSA) is 12.5 Å². The Kier molecular flexibility index (Phi) is 3.16. The quantitative estimate of drug-likeness (QED) is 0.581. The Hall–Kier alpha value is -0.0800. The number of rotatable bonds is 3. The summed E-state index contributed by atoms with van der Waals surface area (Å²) in [5.41, 5.74) is 0. The summed E-state index contributed by atoms with van der Waals surface area (Å²) in [5, 5.41) is 0. The monoisotopic (exact) mass is 142 g/mol. The predicted molar refractivity (Wildman–Crippen MR) is 41.8 cm³/mol. The average Bonchev–Trinajstić information content (AvgIpc) is 2.37. The fourth-order valence-electron chi connectivity index (χ4n) is 1.42. The minimum atomic E-state index is 0.478. The largest absolute Gasteiger partial charge is 0.380 e. The Bertz CT molecular complexity index is 95.3. The van der Waals surface area contributed by atoms with Crippen LogP contribution in [-0.4, -0.2) is 37.7 Å². The molecule has 1 aliphatic heterocycles. The molecular formula is C8H16NO. The summed E-state index contributed by atoms with van der Waals surface area (Å²) in [4.78, 5) is 2.40. The molecule has 1 radical (unpaired) electrons. The van der Waals surface area contributed by atoms with Crippen molar-refractivity contribution in [2.45, 2.75) is 18.9 Å². The van der Waals surface area contributed by atoms with E-state index in [1.54, 1.807) is 7.11 Å². The van der Waals surface area contributed by atoms with Crippen LogP contribution in [0.5, 0.6) is 0 Å². The first-order chi connectivity index (χ1) is 4.86. The van der Waals surface area contributed by atoms with E-state index in [2.05, 4.69) is 11.8 Å². The highest BCUT2D eigenvalue weighted by Gasteiger charge is 2.20. The van der Waals surface area contributed by atoms with E-state index in [1.807, 2.05) is 0 Å². The Balaban J connectivity index is 2.15. The maximum atomic E-state index is 5.23. The molecule has 1 aliphatic rings. The van der Waals surface area contributed by atoms with Crippen LogP contribution in [0.3, 0.4) is 0 Å². The molecule has 1 heterocycles. The second-order valence-corrected chi connectivity index (χ2v) is 2.80. The lowest BCUT2D eigenvalue weighted by Crippen LogP contribution is -2.23. The number of ether oxygens (including phenoxy) is 1. The van der Waals surface area contributed by atoms with Gasteiger partial charge in [0.15, 0.2) is 0 Å². The normalized spacial score (nSPS) is 27.6. The summed E-state index contributed by atoms with van der Waals surface area (Å²) in [6.07, 6.45) is 2.68. The Morgan fingerprint density at radius 3 is 3.00 bits per heavy atom. The van der Waals surface area contributed by atoms with Crippen molar-refractivity contribution in [3.8, 4) is 0 Å². The summed E-state index contributed by atoms with van der Waals surface area (Å²) in [6, 6.07) is 0. The van der Waals surface area contributed by atoms with E-state index >= 15 is 0 Å². The van der Waals surface area contributed by atoms with Crippen molar-refractivity contribution in [2.24, 2.45) is 0 Å². The molecule has 2 heteroatoms. The zero-order valence-electron chi connectivity index (χ0n) is 6.68. The summed E-state index contributed by atoms with van der Waals surface area (Å²) >= 11 is 0. The highest BCUT2D eigenvalue weighted by molar-refractivity contribution is 4.75. The van der Waals surface area contributed by atoms with Crippen molar-refractivity contribution < 1.29 is 4.74 Å². The van der Waals surface area contributed by atoms with E-state index in [1.165, 1.54) is 13.0 Å². The third-order valence-corrected chi connectivity index (χ3v) is 2.04. The molecule has 1 fully saturated rings. The van der Waals surface area contributed by atoms with Crippen molar-refractivity contribution in [3.63, 3.8) is 0 Å². The molecule has 0 aromatic carbocycles. The fourth-order valence-corrected chi connectivity index (χ4v) is 1.42. The van der Waals surface area contributed by atoms with Crippen molar-refractivity contribution in [2.75, 3.05) is 26.7 Å². The van der Waals surface area contributed by atoms with Crippen molar-refractivity contribution in [3.05, 3.63) is 6.92 Å². The molecule has 0 N–H and O–H groups in total. The van der Waals surface area contributed by atoms with E-state index in [-0.39, 0.29) is 0 Å². The van der Waals surface area contributed by atoms with Crippen molar-refractivity contribution >= 4 is 0 Å². The van der Waals surface area contributed by atoms with E-state index in [0.717, 1.165) is 19.5 Å². The molecule has 0 aromatic heterocycles. The second kappa shape index (κ2) is 3.94. The van der Waals surface area contributed by atoms with Crippen LogP contribution in [0.15, 0.2) is 0 Å². The van der Waals surface area contributed by atoms with Gasteiger partial charge in [0.2, 0.25) is 0 Å². The summed E-state index contributed by atoms with van der Waals surface area (Å²) in [6.45, 7) is 7.23. The molecule has 1 saturated heterocycles. The number of hydrogen-bond acceptors (Lipinski definition) is 2. The van der Waals surface area contributed by atoms with Gasteiger partial charge in [0.1, 0.15) is 0 Å². The molecule has 1 unspecified atom stereocenters. The number of hydrogen-bond donors (Lipinski definition) is 0. The zero-order chi connectivity index (χ0) is 7.40. The number of likely N-dealkylation sites (tertiary alicyclic amines) is 1. The molecule has 0 spiro atoms. The van der Waals surface area contributed by atoms with Gasteiger partial charge in [0, 0.05) is 20.2 Å². The van der Waals surface area contributed by atoms with Gasteiger partial charge < -0.3 is 9.64 Å². The number of methoxy groups -OCH3 is 1. The lowest BCUT2D eigenvalue weighted by atomic mass is 10.3. The van der Waals surface area contributed by atoms with Gasteiger partial charge in [-0.3, -0.25) is 0 Å². The molecule has 0 saturated carbocycles. The Labute approximate surface area is 63.2 Å². The summed E-state index contributed by atoms with van der Waals surface area (Å²) in [5.74, 6) is 0. The van der Waals surface area contributed by atoms with E-state index in [9.17, 15) is 0 Å². The van der Waals surface area contributed by atoms with Gasteiger partial charge in [-0.1, -0.05) is 6.92 Å². The summed E-state index contributed by atoms with van der Waals surface area (Å²) < 4.78 is 5.23. The van der Waals surface area contributed by atoms with Crippen LogP contribution in [0, 0.1) is 6.92 Å². The van der Waals surface area contributed by atoms with Crippen LogP contribution in [0.2, 0.25) is 0 Å². The maximum absolute atomic E-state index is 5.23. The van der Waals surface area contributed by atoms with Crippen molar-refractivity contribution in [1.29, 1.82) is 0 Å². The Morgan fingerprint density at radius 2 is 2.50 bits per heavy atom. The van der Waals surface area contributed by atoms with Gasteiger partial charge in [0.05, 0.1) is 6.10 Å². The molecular weight excluding hydrogens is 126 g/mol. The molecule has 0 amide bonds. The van der Waals surface area contributed by atoms with Crippen LogP contribution in [0.1, 0.15) is 12.8 Å². The highest BCUT2D eigenvalue weighted by atomic mass is 16.5. The van der Waals surface area contributed by atoms with Crippen LogP contribution in [0.4, 0.5) is 0 Å². The first-order valence-corrected chi connectivity index (χ1v) is 3.91. The lowest BCUT2D eigenvalue weighted by molar-refractivity contribution is 0.108. The predicted octanol–water partition coefficient (Wildman–Crippen LogP) is 0.931. The minimum absolute atomic E-state index is 0.478. The first-order valence-electron chi connectivity index (χ1n) is 3.91. The molecule has 1 atom stereocenters. The smallest absolute Gasteiger partial charge is 0.0710 e. The minimum Gasteiger partial charge on any atom is -0.380 e. The highest BCUT2D eigenvalue weighted by Crippen LogP contribution is 2.11. The van der Waals surface area contributed by atoms with E-state index < -0.39 is 0 Å². The van der Waals surface area contributed by atoms with Crippen molar-refractivity contribution in [1.82, 2.24) is 4.90 Å². The molecule has 59 valence electrons. The molecule has 0 aromatic rings. The summed E-state index contributed by atoms with van der Waals surface area (Å²) in [7, 11) is 1.79. The van der Waals surface area contributed by atoms with Gasteiger partial charge in [-0.2, -0.15) is 0 Å². The molecule has 2 nitrogen and oxygen atoms in total. The van der Waals surface area contributed by atoms with E-state index in [4.69, 9.17) is 4.74 Å². The SMILES string of the molecule is [CH2]CCN1CCC(OC)C1. The van der Waals surface area contributed by atoms with Gasteiger partial charge in [0.25, 0.3) is 0 Å². The van der Waals surface area contributed by atoms with Crippen LogP contribution in [-0.2, 0) is 4.74 Å². The number of nitrogens with zero attached hydrogens (tertiary/aromatic N) is 1. The standard InChI is InChI=1S/C8H16NO/c1-3-5-9-6-4-8(7-9)10-2/h8H,1,3-7H2,2H3. The zero-order valence-corrected chi connectivity index (χ0v) is 6.68. The third kappa shape index (κ3) is 1.96. The lowest BCUT2D eigenvalue weighted by Gasteiger charge is -2.13. The average molecular weight is 142 g/mol. The molecule has 1 rings (SSSR count). The van der Waals surface area contributed by atoms with Gasteiger partial charge in [-0.25, -0.2) is 0 Å². The first kappa shape index (κ1) is 8.02. The molecule has 0 bridgehead atoms. The fraction of sp³-hybridized carbons (Fsp3) is 0.875. The van der Waals surface area contributed by atoms with Gasteiger partial charge in [-0.15, -0.1) is 0 Å². The molecule has 10 heavy (non-hydrogen) atoms. The van der Waals surface area contributed by atoms with Gasteiger partial charge in [-0.05, 0) is 19.4 Å².